The molecule has 1 rings (SSSR count). The highest BCUT2D eigenvalue weighted by Gasteiger charge is 2.36. The first-order chi connectivity index (χ1) is 13.2. The molecular weight excluding hydrogens is 356 g/mol. The molecule has 28 heavy (non-hydrogen) atoms. The van der Waals surface area contributed by atoms with Crippen LogP contribution in [0, 0.1) is 11.8 Å². The number of hydrogen-bond acceptors (Lipinski definition) is 4. The molecule has 3 N–H and O–H groups in total. The van der Waals surface area contributed by atoms with Gasteiger partial charge in [0.05, 0.1) is 5.92 Å². The maximum atomic E-state index is 12.9. The van der Waals surface area contributed by atoms with Gasteiger partial charge in [-0.25, -0.2) is 0 Å². The summed E-state index contributed by atoms with van der Waals surface area (Å²) in [5, 5.41) is 8.61. The van der Waals surface area contributed by atoms with E-state index in [2.05, 4.69) is 29.8 Å². The van der Waals surface area contributed by atoms with Crippen LogP contribution >= 0.6 is 0 Å². The molecule has 1 aliphatic rings. The van der Waals surface area contributed by atoms with Gasteiger partial charge < -0.3 is 20.9 Å². The van der Waals surface area contributed by atoms with Crippen LogP contribution in [0.25, 0.3) is 0 Å². The van der Waals surface area contributed by atoms with Crippen LogP contribution in [0.4, 0.5) is 0 Å². The van der Waals surface area contributed by atoms with E-state index in [1.54, 1.807) is 11.9 Å². The van der Waals surface area contributed by atoms with Crippen molar-refractivity contribution in [2.45, 2.75) is 71.5 Å². The standard InChI is InChI=1S/C21H38N4O3/c1-7-17(19(26)23-6)24-20(27)18-9-8-12-25(18)21(28)15(4)10-11-16(22-5)13-14(2)3/h10-11,14-18,22H,7-9,12-13H2,1-6H3,(H,23,26)(H,24,27)/b11-10+/t15-,16+,17-,18?/m0/s1. The van der Waals surface area contributed by atoms with Crippen molar-refractivity contribution in [1.29, 1.82) is 0 Å². The van der Waals surface area contributed by atoms with Crippen molar-refractivity contribution in [2.24, 2.45) is 11.8 Å². The van der Waals surface area contributed by atoms with Gasteiger partial charge in [-0.05, 0) is 38.6 Å². The Kier molecular flexibility index (Phi) is 10.2. The van der Waals surface area contributed by atoms with Gasteiger partial charge in [-0.2, -0.15) is 0 Å². The minimum Gasteiger partial charge on any atom is -0.357 e. The number of nitrogens with zero attached hydrogens (tertiary/aromatic N) is 1. The summed E-state index contributed by atoms with van der Waals surface area (Å²) >= 11 is 0. The monoisotopic (exact) mass is 394 g/mol. The summed E-state index contributed by atoms with van der Waals surface area (Å²) in [6, 6.07) is -0.844. The zero-order chi connectivity index (χ0) is 21.3. The fourth-order valence-corrected chi connectivity index (χ4v) is 3.54. The molecule has 0 aliphatic carbocycles. The van der Waals surface area contributed by atoms with Gasteiger partial charge in [0, 0.05) is 19.6 Å². The van der Waals surface area contributed by atoms with E-state index in [1.807, 2.05) is 33.0 Å². The van der Waals surface area contributed by atoms with Crippen LogP contribution in [0.15, 0.2) is 12.2 Å². The fourth-order valence-electron chi connectivity index (χ4n) is 3.54. The molecule has 1 heterocycles. The Morgan fingerprint density at radius 3 is 2.36 bits per heavy atom. The van der Waals surface area contributed by atoms with Crippen LogP contribution in [0.2, 0.25) is 0 Å². The second-order valence-electron chi connectivity index (χ2n) is 7.97. The summed E-state index contributed by atoms with van der Waals surface area (Å²) < 4.78 is 0. The van der Waals surface area contributed by atoms with Gasteiger partial charge in [-0.3, -0.25) is 14.4 Å². The number of carbonyl (C=O) groups excluding carboxylic acids is 3. The van der Waals surface area contributed by atoms with Crippen molar-refractivity contribution in [3.05, 3.63) is 12.2 Å². The molecule has 1 fully saturated rings. The molecule has 0 aromatic carbocycles. The van der Waals surface area contributed by atoms with Crippen LogP contribution < -0.4 is 16.0 Å². The molecule has 7 heteroatoms. The van der Waals surface area contributed by atoms with Crippen molar-refractivity contribution in [3.8, 4) is 0 Å². The summed E-state index contributed by atoms with van der Waals surface area (Å²) in [6.07, 6.45) is 6.91. The number of amides is 3. The first kappa shape index (κ1) is 24.1. The number of carbonyl (C=O) groups is 3. The third kappa shape index (κ3) is 6.93. The van der Waals surface area contributed by atoms with Crippen molar-refractivity contribution in [1.82, 2.24) is 20.9 Å². The highest BCUT2D eigenvalue weighted by atomic mass is 16.2. The Hall–Kier alpha value is -1.89. The van der Waals surface area contributed by atoms with Gasteiger partial charge in [-0.15, -0.1) is 0 Å². The lowest BCUT2D eigenvalue weighted by Crippen LogP contribution is -2.53. The maximum absolute atomic E-state index is 12.9. The van der Waals surface area contributed by atoms with Crippen LogP contribution in [0.3, 0.4) is 0 Å². The lowest BCUT2D eigenvalue weighted by Gasteiger charge is -2.27. The number of nitrogens with one attached hydrogen (secondary N) is 3. The Morgan fingerprint density at radius 1 is 1.14 bits per heavy atom. The van der Waals surface area contributed by atoms with E-state index in [1.165, 1.54) is 0 Å². The summed E-state index contributed by atoms with van der Waals surface area (Å²) in [6.45, 7) is 8.63. The zero-order valence-electron chi connectivity index (χ0n) is 18.2. The van der Waals surface area contributed by atoms with Gasteiger partial charge in [0.2, 0.25) is 17.7 Å². The van der Waals surface area contributed by atoms with E-state index < -0.39 is 12.1 Å². The molecular formula is C21H38N4O3. The average Bonchev–Trinajstić information content (AvgIpc) is 3.17. The molecule has 1 unspecified atom stereocenters. The van der Waals surface area contributed by atoms with E-state index in [-0.39, 0.29) is 29.7 Å². The van der Waals surface area contributed by atoms with Gasteiger partial charge >= 0.3 is 0 Å². The van der Waals surface area contributed by atoms with Crippen LogP contribution in [0.5, 0.6) is 0 Å². The third-order valence-electron chi connectivity index (χ3n) is 5.24. The van der Waals surface area contributed by atoms with Gasteiger partial charge in [0.1, 0.15) is 12.1 Å². The van der Waals surface area contributed by atoms with E-state index in [9.17, 15) is 14.4 Å². The second-order valence-corrected chi connectivity index (χ2v) is 7.97. The number of hydrogen-bond donors (Lipinski definition) is 3. The molecule has 0 aromatic rings. The minimum atomic E-state index is -0.570. The maximum Gasteiger partial charge on any atom is 0.243 e. The Morgan fingerprint density at radius 2 is 1.82 bits per heavy atom. The fraction of sp³-hybridized carbons (Fsp3) is 0.762. The van der Waals surface area contributed by atoms with E-state index in [4.69, 9.17) is 0 Å². The molecule has 0 spiro atoms. The smallest absolute Gasteiger partial charge is 0.243 e. The SMILES string of the molecule is CC[C@H](NC(=O)C1CCCN1C(=O)[C@@H](C)/C=C/[C@H](CC(C)C)NC)C(=O)NC. The molecule has 1 saturated heterocycles. The lowest BCUT2D eigenvalue weighted by atomic mass is 10.0. The molecule has 160 valence electrons. The first-order valence-electron chi connectivity index (χ1n) is 10.4. The van der Waals surface area contributed by atoms with Crippen LogP contribution in [0.1, 0.15) is 53.4 Å². The quantitative estimate of drug-likeness (QED) is 0.489. The topological polar surface area (TPSA) is 90.5 Å². The van der Waals surface area contributed by atoms with Crippen molar-refractivity contribution < 1.29 is 14.4 Å². The first-order valence-corrected chi connectivity index (χ1v) is 10.4. The second kappa shape index (κ2) is 11.8. The third-order valence-corrected chi connectivity index (χ3v) is 5.24. The summed E-state index contributed by atoms with van der Waals surface area (Å²) in [5.74, 6) is -0.234. The molecule has 3 amide bonds. The molecule has 1 aliphatic heterocycles. The predicted molar refractivity (Wildman–Crippen MR) is 112 cm³/mol. The van der Waals surface area contributed by atoms with Crippen LogP contribution in [-0.2, 0) is 14.4 Å². The lowest BCUT2D eigenvalue weighted by molar-refractivity contribution is -0.141. The normalized spacial score (nSPS) is 20.2. The average molecular weight is 395 g/mol. The van der Waals surface area contributed by atoms with E-state index in [0.717, 1.165) is 12.8 Å². The Balaban J connectivity index is 2.75. The molecule has 0 aromatic heterocycles. The minimum absolute atomic E-state index is 0.0405. The van der Waals surface area contributed by atoms with Crippen molar-refractivity contribution in [2.75, 3.05) is 20.6 Å². The van der Waals surface area contributed by atoms with Crippen molar-refractivity contribution >= 4 is 17.7 Å². The van der Waals surface area contributed by atoms with Gasteiger partial charge in [0.25, 0.3) is 0 Å². The van der Waals surface area contributed by atoms with Crippen molar-refractivity contribution in [3.63, 3.8) is 0 Å². The summed E-state index contributed by atoms with van der Waals surface area (Å²) in [5.41, 5.74) is 0. The number of likely N-dealkylation sites (tertiary alicyclic amines) is 1. The van der Waals surface area contributed by atoms with Crippen LogP contribution in [-0.4, -0.2) is 61.4 Å². The predicted octanol–water partition coefficient (Wildman–Crippen LogP) is 1.44. The highest BCUT2D eigenvalue weighted by molar-refractivity contribution is 5.93. The zero-order valence-corrected chi connectivity index (χ0v) is 18.2. The largest absolute Gasteiger partial charge is 0.357 e. The van der Waals surface area contributed by atoms with E-state index >= 15 is 0 Å². The molecule has 0 radical (unpaired) electrons. The van der Waals surface area contributed by atoms with Gasteiger partial charge in [0.15, 0.2) is 0 Å². The number of rotatable bonds is 10. The molecule has 0 bridgehead atoms. The summed E-state index contributed by atoms with van der Waals surface area (Å²) in [4.78, 5) is 39.1. The molecule has 0 saturated carbocycles. The van der Waals surface area contributed by atoms with Gasteiger partial charge in [-0.1, -0.05) is 39.8 Å². The molecule has 4 atom stereocenters. The Bertz CT molecular complexity index is 562. The van der Waals surface area contributed by atoms with E-state index in [0.29, 0.717) is 25.3 Å². The summed E-state index contributed by atoms with van der Waals surface area (Å²) in [7, 11) is 3.47. The highest BCUT2D eigenvalue weighted by Crippen LogP contribution is 2.21. The molecule has 7 nitrogen and oxygen atoms in total. The Labute approximate surface area is 169 Å². The number of likely N-dealkylation sites (N-methyl/N-ethyl adjacent to an activating group) is 2.